The molecular weight excluding hydrogens is 256 g/mol. The molecule has 2 aliphatic rings. The molecule has 2 fully saturated rings. The van der Waals surface area contributed by atoms with Gasteiger partial charge < -0.3 is 14.2 Å². The second kappa shape index (κ2) is 5.09. The molecule has 1 saturated heterocycles. The Kier molecular flexibility index (Phi) is 3.42. The van der Waals surface area contributed by atoms with Crippen LogP contribution >= 0.6 is 0 Å². The van der Waals surface area contributed by atoms with Crippen LogP contribution in [-0.2, 0) is 19.9 Å². The number of rotatable bonds is 5. The van der Waals surface area contributed by atoms with Crippen molar-refractivity contribution in [3.8, 4) is 5.75 Å². The molecule has 1 aliphatic carbocycles. The zero-order valence-corrected chi connectivity index (χ0v) is 11.9. The van der Waals surface area contributed by atoms with Crippen LogP contribution in [0, 0.1) is 0 Å². The number of epoxide rings is 1. The molecule has 1 aromatic rings. The standard InChI is InChI=1S/C16H20O4/c1-3-16(11-7-9-12(18-2)10-8-11)14(20-16)15(17)19-13-5-4-6-13/h7-10,13-14H,3-6H2,1-2H3. The van der Waals surface area contributed by atoms with Crippen molar-refractivity contribution in [2.24, 2.45) is 0 Å². The molecular formula is C16H20O4. The van der Waals surface area contributed by atoms with Gasteiger partial charge in [0.1, 0.15) is 17.5 Å². The van der Waals surface area contributed by atoms with Crippen molar-refractivity contribution in [1.29, 1.82) is 0 Å². The molecule has 1 saturated carbocycles. The highest BCUT2D eigenvalue weighted by atomic mass is 16.7. The van der Waals surface area contributed by atoms with Crippen LogP contribution in [0.25, 0.3) is 0 Å². The first-order valence-corrected chi connectivity index (χ1v) is 7.22. The molecule has 1 aromatic carbocycles. The Morgan fingerprint density at radius 1 is 1.35 bits per heavy atom. The van der Waals surface area contributed by atoms with E-state index in [1.54, 1.807) is 7.11 Å². The van der Waals surface area contributed by atoms with Gasteiger partial charge >= 0.3 is 5.97 Å². The van der Waals surface area contributed by atoms with Crippen LogP contribution in [-0.4, -0.2) is 25.3 Å². The van der Waals surface area contributed by atoms with Gasteiger partial charge in [-0.1, -0.05) is 19.1 Å². The van der Waals surface area contributed by atoms with Crippen LogP contribution < -0.4 is 4.74 Å². The predicted octanol–water partition coefficient (Wildman–Crippen LogP) is 2.80. The summed E-state index contributed by atoms with van der Waals surface area (Å²) < 4.78 is 16.3. The highest BCUT2D eigenvalue weighted by Crippen LogP contribution is 2.50. The number of hydrogen-bond donors (Lipinski definition) is 0. The maximum absolute atomic E-state index is 12.1. The van der Waals surface area contributed by atoms with Crippen LogP contribution in [0.5, 0.6) is 5.75 Å². The van der Waals surface area contributed by atoms with Crippen LogP contribution in [0.3, 0.4) is 0 Å². The van der Waals surface area contributed by atoms with Crippen LogP contribution in [0.4, 0.5) is 0 Å². The lowest BCUT2D eigenvalue weighted by atomic mass is 9.92. The predicted molar refractivity (Wildman–Crippen MR) is 73.6 cm³/mol. The summed E-state index contributed by atoms with van der Waals surface area (Å²) in [7, 11) is 1.64. The number of ether oxygens (including phenoxy) is 3. The van der Waals surface area contributed by atoms with E-state index in [0.717, 1.165) is 37.0 Å². The van der Waals surface area contributed by atoms with Crippen molar-refractivity contribution in [1.82, 2.24) is 0 Å². The zero-order chi connectivity index (χ0) is 14.2. The van der Waals surface area contributed by atoms with Crippen LogP contribution in [0.15, 0.2) is 24.3 Å². The minimum Gasteiger partial charge on any atom is -0.497 e. The molecule has 0 radical (unpaired) electrons. The van der Waals surface area contributed by atoms with E-state index in [-0.39, 0.29) is 12.1 Å². The highest BCUT2D eigenvalue weighted by Gasteiger charge is 2.61. The van der Waals surface area contributed by atoms with E-state index in [9.17, 15) is 4.79 Å². The van der Waals surface area contributed by atoms with Gasteiger partial charge in [0.25, 0.3) is 0 Å². The molecule has 0 aromatic heterocycles. The number of carbonyl (C=O) groups is 1. The first-order valence-electron chi connectivity index (χ1n) is 7.22. The highest BCUT2D eigenvalue weighted by molar-refractivity contribution is 5.80. The Bertz CT molecular complexity index is 492. The monoisotopic (exact) mass is 276 g/mol. The largest absolute Gasteiger partial charge is 0.497 e. The van der Waals surface area contributed by atoms with Gasteiger partial charge in [-0.2, -0.15) is 0 Å². The van der Waals surface area contributed by atoms with E-state index < -0.39 is 11.7 Å². The maximum atomic E-state index is 12.1. The molecule has 108 valence electrons. The zero-order valence-electron chi connectivity index (χ0n) is 11.9. The van der Waals surface area contributed by atoms with Crippen molar-refractivity contribution in [3.05, 3.63) is 29.8 Å². The number of carbonyl (C=O) groups excluding carboxylic acids is 1. The van der Waals surface area contributed by atoms with Gasteiger partial charge in [0.15, 0.2) is 6.10 Å². The Hall–Kier alpha value is -1.55. The minimum absolute atomic E-state index is 0.108. The summed E-state index contributed by atoms with van der Waals surface area (Å²) in [5, 5.41) is 0. The Balaban J connectivity index is 1.71. The summed E-state index contributed by atoms with van der Waals surface area (Å²) in [6.07, 6.45) is 3.53. The molecule has 4 heteroatoms. The Labute approximate surface area is 119 Å². The lowest BCUT2D eigenvalue weighted by Gasteiger charge is -2.25. The number of benzene rings is 1. The van der Waals surface area contributed by atoms with Gasteiger partial charge in [0.2, 0.25) is 0 Å². The summed E-state index contributed by atoms with van der Waals surface area (Å²) in [5.74, 6) is 0.585. The van der Waals surface area contributed by atoms with Crippen LogP contribution in [0.1, 0.15) is 38.2 Å². The topological polar surface area (TPSA) is 48.1 Å². The fourth-order valence-corrected chi connectivity index (χ4v) is 2.69. The van der Waals surface area contributed by atoms with Crippen LogP contribution in [0.2, 0.25) is 0 Å². The Morgan fingerprint density at radius 2 is 2.05 bits per heavy atom. The molecule has 4 nitrogen and oxygen atoms in total. The number of esters is 1. The van der Waals surface area contributed by atoms with E-state index in [0.29, 0.717) is 0 Å². The third-order valence-corrected chi connectivity index (χ3v) is 4.35. The third-order valence-electron chi connectivity index (χ3n) is 4.35. The summed E-state index contributed by atoms with van der Waals surface area (Å²) in [6, 6.07) is 7.70. The van der Waals surface area contributed by atoms with Crippen molar-refractivity contribution < 1.29 is 19.0 Å². The summed E-state index contributed by atoms with van der Waals surface area (Å²) in [4.78, 5) is 12.1. The maximum Gasteiger partial charge on any atom is 0.339 e. The average Bonchev–Trinajstić information content (AvgIpc) is 3.19. The van der Waals surface area contributed by atoms with Gasteiger partial charge in [-0.3, -0.25) is 0 Å². The van der Waals surface area contributed by atoms with E-state index in [1.807, 2.05) is 31.2 Å². The molecule has 0 amide bonds. The van der Waals surface area contributed by atoms with Gasteiger partial charge in [-0.15, -0.1) is 0 Å². The second-order valence-electron chi connectivity index (χ2n) is 5.46. The van der Waals surface area contributed by atoms with Crippen molar-refractivity contribution >= 4 is 5.97 Å². The van der Waals surface area contributed by atoms with E-state index in [1.165, 1.54) is 0 Å². The van der Waals surface area contributed by atoms with Crippen molar-refractivity contribution in [2.75, 3.05) is 7.11 Å². The summed E-state index contributed by atoms with van der Waals surface area (Å²) in [5.41, 5.74) is 0.504. The quantitative estimate of drug-likeness (QED) is 0.613. The Morgan fingerprint density at radius 3 is 2.55 bits per heavy atom. The molecule has 0 spiro atoms. The molecule has 1 aliphatic heterocycles. The number of hydrogen-bond acceptors (Lipinski definition) is 4. The normalized spacial score (nSPS) is 28.6. The molecule has 0 bridgehead atoms. The molecule has 3 rings (SSSR count). The summed E-state index contributed by atoms with van der Waals surface area (Å²) in [6.45, 7) is 2.03. The second-order valence-corrected chi connectivity index (χ2v) is 5.46. The minimum atomic E-state index is -0.507. The lowest BCUT2D eigenvalue weighted by Crippen LogP contribution is -2.29. The van der Waals surface area contributed by atoms with Crippen molar-refractivity contribution in [3.63, 3.8) is 0 Å². The van der Waals surface area contributed by atoms with Gasteiger partial charge in [0.05, 0.1) is 7.11 Å². The third kappa shape index (κ3) is 2.18. The molecule has 2 atom stereocenters. The van der Waals surface area contributed by atoms with Gasteiger partial charge in [0, 0.05) is 0 Å². The molecule has 20 heavy (non-hydrogen) atoms. The first-order chi connectivity index (χ1) is 9.69. The van der Waals surface area contributed by atoms with E-state index in [4.69, 9.17) is 14.2 Å². The fourth-order valence-electron chi connectivity index (χ4n) is 2.69. The van der Waals surface area contributed by atoms with Gasteiger partial charge in [-0.05, 0) is 43.4 Å². The molecule has 2 unspecified atom stereocenters. The first kappa shape index (κ1) is 13.4. The van der Waals surface area contributed by atoms with E-state index >= 15 is 0 Å². The smallest absolute Gasteiger partial charge is 0.339 e. The summed E-state index contributed by atoms with van der Waals surface area (Å²) >= 11 is 0. The van der Waals surface area contributed by atoms with Crippen molar-refractivity contribution in [2.45, 2.75) is 50.4 Å². The van der Waals surface area contributed by atoms with Gasteiger partial charge in [-0.25, -0.2) is 4.79 Å². The SMILES string of the molecule is CCC1(c2ccc(OC)cc2)OC1C(=O)OC1CCC1. The molecule has 1 heterocycles. The van der Waals surface area contributed by atoms with E-state index in [2.05, 4.69) is 0 Å². The fraction of sp³-hybridized carbons (Fsp3) is 0.562. The number of methoxy groups -OCH3 is 1. The average molecular weight is 276 g/mol. The lowest BCUT2D eigenvalue weighted by molar-refractivity contribution is -0.154. The molecule has 0 N–H and O–H groups in total.